The zero-order chi connectivity index (χ0) is 20.0. The lowest BCUT2D eigenvalue weighted by Crippen LogP contribution is -2.39. The van der Waals surface area contributed by atoms with Crippen molar-refractivity contribution in [1.29, 1.82) is 0 Å². The first-order valence-electron chi connectivity index (χ1n) is 8.60. The summed E-state index contributed by atoms with van der Waals surface area (Å²) < 4.78 is 0. The van der Waals surface area contributed by atoms with Gasteiger partial charge in [-0.15, -0.1) is 0 Å². The summed E-state index contributed by atoms with van der Waals surface area (Å²) >= 11 is 0. The van der Waals surface area contributed by atoms with Gasteiger partial charge in [0.15, 0.2) is 0 Å². The largest absolute Gasteiger partial charge is 0.350 e. The predicted octanol–water partition coefficient (Wildman–Crippen LogP) is 3.60. The highest BCUT2D eigenvalue weighted by atomic mass is 16.6. The molecule has 0 bridgehead atoms. The maximum Gasteiger partial charge on any atom is 0.332 e. The molecule has 0 aliphatic carbocycles. The quantitative estimate of drug-likeness (QED) is 0.442. The molecule has 0 saturated carbocycles. The summed E-state index contributed by atoms with van der Waals surface area (Å²) in [6.45, 7) is 5.16. The average molecular weight is 368 g/mol. The van der Waals surface area contributed by atoms with Gasteiger partial charge in [0.25, 0.3) is 0 Å². The molecule has 0 aromatic heterocycles. The number of nitro groups is 1. The third kappa shape index (κ3) is 5.13. The van der Waals surface area contributed by atoms with Crippen molar-refractivity contribution in [3.8, 4) is 0 Å². The van der Waals surface area contributed by atoms with Gasteiger partial charge >= 0.3 is 6.03 Å². The molecule has 0 aliphatic rings. The molecule has 0 fully saturated rings. The lowest BCUT2D eigenvalue weighted by Gasteiger charge is -2.28. The van der Waals surface area contributed by atoms with E-state index >= 15 is 0 Å². The van der Waals surface area contributed by atoms with Crippen molar-refractivity contribution in [2.24, 2.45) is 10.8 Å². The molecular weight excluding hydrogens is 344 g/mol. The highest BCUT2D eigenvalue weighted by Crippen LogP contribution is 2.35. The van der Waals surface area contributed by atoms with Gasteiger partial charge in [-0.2, -0.15) is 5.10 Å². The fourth-order valence-corrected chi connectivity index (χ4v) is 2.88. The monoisotopic (exact) mass is 368 g/mol. The second-order valence-corrected chi connectivity index (χ2v) is 6.98. The maximum atomic E-state index is 11.8. The van der Waals surface area contributed by atoms with Gasteiger partial charge in [0.05, 0.1) is 11.6 Å². The number of carbonyl (C=O) groups is 1. The number of urea groups is 1. The van der Waals surface area contributed by atoms with Crippen LogP contribution in [0.25, 0.3) is 0 Å². The fourth-order valence-electron chi connectivity index (χ4n) is 2.88. The van der Waals surface area contributed by atoms with Crippen LogP contribution in [0.15, 0.2) is 59.7 Å². The Hall–Kier alpha value is -3.22. The van der Waals surface area contributed by atoms with Crippen molar-refractivity contribution in [2.45, 2.75) is 38.6 Å². The van der Waals surface area contributed by atoms with Crippen LogP contribution < -0.4 is 11.2 Å². The molecule has 2 rings (SSSR count). The molecule has 0 aliphatic heterocycles. The number of hydrogen-bond donors (Lipinski definition) is 2. The summed E-state index contributed by atoms with van der Waals surface area (Å²) in [5.41, 5.74) is 9.36. The van der Waals surface area contributed by atoms with Crippen molar-refractivity contribution in [3.05, 3.63) is 81.4 Å². The lowest BCUT2D eigenvalue weighted by molar-refractivity contribution is -0.565. The van der Waals surface area contributed by atoms with E-state index in [2.05, 4.69) is 10.5 Å². The zero-order valence-corrected chi connectivity index (χ0v) is 15.7. The van der Waals surface area contributed by atoms with Gasteiger partial charge in [-0.05, 0) is 18.1 Å². The van der Waals surface area contributed by atoms with Gasteiger partial charge in [0, 0.05) is 25.2 Å². The van der Waals surface area contributed by atoms with Gasteiger partial charge in [-0.1, -0.05) is 60.2 Å². The van der Waals surface area contributed by atoms with Gasteiger partial charge < -0.3 is 5.73 Å². The molecular formula is C20H24N4O3. The number of hydrogen-bond acceptors (Lipinski definition) is 4. The number of amides is 2. The molecule has 2 aromatic rings. The van der Waals surface area contributed by atoms with E-state index in [1.165, 1.54) is 0 Å². The van der Waals surface area contributed by atoms with Gasteiger partial charge in [0.2, 0.25) is 5.54 Å². The van der Waals surface area contributed by atoms with Crippen LogP contribution in [0.5, 0.6) is 0 Å². The molecule has 27 heavy (non-hydrogen) atoms. The minimum Gasteiger partial charge on any atom is -0.350 e. The van der Waals surface area contributed by atoms with Crippen LogP contribution in [0.2, 0.25) is 0 Å². The molecule has 7 heteroatoms. The Morgan fingerprint density at radius 3 is 2.30 bits per heavy atom. The Morgan fingerprint density at radius 1 is 1.19 bits per heavy atom. The minimum absolute atomic E-state index is 0.265. The van der Waals surface area contributed by atoms with Crippen molar-refractivity contribution in [1.82, 2.24) is 5.43 Å². The molecule has 2 amide bonds. The Bertz CT molecular complexity index is 830. The van der Waals surface area contributed by atoms with Crippen LogP contribution >= 0.6 is 0 Å². The zero-order valence-electron chi connectivity index (χ0n) is 15.7. The average Bonchev–Trinajstić information content (AvgIpc) is 2.63. The van der Waals surface area contributed by atoms with Crippen LogP contribution in [-0.2, 0) is 0 Å². The molecule has 0 radical (unpaired) electrons. The van der Waals surface area contributed by atoms with Gasteiger partial charge in [-0.25, -0.2) is 10.2 Å². The number of benzene rings is 2. The number of rotatable bonds is 7. The van der Waals surface area contributed by atoms with E-state index in [0.717, 1.165) is 16.7 Å². The standard InChI is InChI=1S/C20H24N4O3/c1-14-9-11-15(12-10-14)17(20(2,3)24(26)27)13-18(22-23-19(21)25)16-7-5-4-6-8-16/h4-12,17H,13H2,1-3H3,(H3,21,23,25)/b22-18+. The molecule has 0 saturated heterocycles. The number of carbonyl (C=O) groups excluding carboxylic acids is 1. The number of primary amides is 1. The predicted molar refractivity (Wildman–Crippen MR) is 105 cm³/mol. The number of hydrazone groups is 1. The van der Waals surface area contributed by atoms with Gasteiger partial charge in [-0.3, -0.25) is 10.1 Å². The lowest BCUT2D eigenvalue weighted by atomic mass is 9.78. The molecule has 1 unspecified atom stereocenters. The minimum atomic E-state index is -1.24. The highest BCUT2D eigenvalue weighted by Gasteiger charge is 2.42. The molecule has 0 heterocycles. The Morgan fingerprint density at radius 2 is 1.78 bits per heavy atom. The van der Waals surface area contributed by atoms with Crippen LogP contribution in [0.1, 0.15) is 42.9 Å². The van der Waals surface area contributed by atoms with Crippen LogP contribution in [0, 0.1) is 17.0 Å². The third-order valence-electron chi connectivity index (χ3n) is 4.61. The van der Waals surface area contributed by atoms with E-state index in [1.54, 1.807) is 13.8 Å². The topological polar surface area (TPSA) is 111 Å². The maximum absolute atomic E-state index is 11.8. The molecule has 7 nitrogen and oxygen atoms in total. The summed E-state index contributed by atoms with van der Waals surface area (Å²) in [6, 6.07) is 16.1. The summed E-state index contributed by atoms with van der Waals surface area (Å²) in [5.74, 6) is -0.457. The summed E-state index contributed by atoms with van der Waals surface area (Å²) in [4.78, 5) is 22.6. The van der Waals surface area contributed by atoms with Crippen LogP contribution in [-0.4, -0.2) is 22.2 Å². The van der Waals surface area contributed by atoms with Crippen molar-refractivity contribution >= 4 is 11.7 Å². The van der Waals surface area contributed by atoms with E-state index in [4.69, 9.17) is 5.73 Å². The van der Waals surface area contributed by atoms with E-state index in [1.807, 2.05) is 61.5 Å². The van der Waals surface area contributed by atoms with Gasteiger partial charge in [0.1, 0.15) is 0 Å². The Labute approximate surface area is 158 Å². The number of aryl methyl sites for hydroxylation is 1. The summed E-state index contributed by atoms with van der Waals surface area (Å²) in [5, 5.41) is 15.9. The molecule has 0 spiro atoms. The Kier molecular flexibility index (Phi) is 6.28. The normalized spacial score (nSPS) is 13.1. The van der Waals surface area contributed by atoms with E-state index in [9.17, 15) is 14.9 Å². The molecule has 142 valence electrons. The molecule has 3 N–H and O–H groups in total. The van der Waals surface area contributed by atoms with Crippen molar-refractivity contribution in [3.63, 3.8) is 0 Å². The van der Waals surface area contributed by atoms with Crippen molar-refractivity contribution in [2.75, 3.05) is 0 Å². The first-order chi connectivity index (χ1) is 12.7. The first kappa shape index (κ1) is 20.1. The third-order valence-corrected chi connectivity index (χ3v) is 4.61. The second-order valence-electron chi connectivity index (χ2n) is 6.98. The number of nitrogens with one attached hydrogen (secondary N) is 1. The van der Waals surface area contributed by atoms with E-state index < -0.39 is 17.5 Å². The highest BCUT2D eigenvalue weighted by molar-refractivity contribution is 6.01. The summed E-state index contributed by atoms with van der Waals surface area (Å²) in [7, 11) is 0. The van der Waals surface area contributed by atoms with Crippen molar-refractivity contribution < 1.29 is 9.72 Å². The fraction of sp³-hybridized carbons (Fsp3) is 0.300. The second kappa shape index (κ2) is 8.44. The molecule has 1 atom stereocenters. The summed E-state index contributed by atoms with van der Waals surface area (Å²) in [6.07, 6.45) is 0.265. The van der Waals surface area contributed by atoms with Crippen LogP contribution in [0.3, 0.4) is 0 Å². The number of nitrogens with zero attached hydrogens (tertiary/aromatic N) is 2. The first-order valence-corrected chi connectivity index (χ1v) is 8.60. The SMILES string of the molecule is Cc1ccc(C(C/C(=N\NC(N)=O)c2ccccc2)C(C)(C)[N+](=O)[O-])cc1. The van der Waals surface area contributed by atoms with E-state index in [0.29, 0.717) is 5.71 Å². The van der Waals surface area contributed by atoms with E-state index in [-0.39, 0.29) is 11.3 Å². The van der Waals surface area contributed by atoms with Crippen LogP contribution in [0.4, 0.5) is 4.79 Å². The number of nitrogens with two attached hydrogens (primary N) is 1. The smallest absolute Gasteiger partial charge is 0.332 e. The Balaban J connectivity index is 2.49. The molecule has 2 aromatic carbocycles.